The topological polar surface area (TPSA) is 85.8 Å². The zero-order valence-electron chi connectivity index (χ0n) is 13.7. The fourth-order valence-corrected chi connectivity index (χ4v) is 2.62. The Hall–Kier alpha value is -2.73. The van der Waals surface area contributed by atoms with E-state index in [1.54, 1.807) is 10.9 Å². The van der Waals surface area contributed by atoms with E-state index in [1.165, 1.54) is 0 Å². The van der Waals surface area contributed by atoms with E-state index < -0.39 is 0 Å². The maximum atomic E-state index is 12.6. The van der Waals surface area contributed by atoms with Crippen molar-refractivity contribution >= 4 is 16.9 Å². The second-order valence-corrected chi connectivity index (χ2v) is 5.52. The molecule has 24 heavy (non-hydrogen) atoms. The van der Waals surface area contributed by atoms with Crippen LogP contribution in [0.25, 0.3) is 22.3 Å². The summed E-state index contributed by atoms with van der Waals surface area (Å²) in [6.07, 6.45) is 2.46. The van der Waals surface area contributed by atoms with Crippen LogP contribution in [0.2, 0.25) is 0 Å². The summed E-state index contributed by atoms with van der Waals surface area (Å²) in [5, 5.41) is 8.02. The lowest BCUT2D eigenvalue weighted by molar-refractivity contribution is 0.0955. The Morgan fingerprint density at radius 1 is 1.29 bits per heavy atom. The second-order valence-electron chi connectivity index (χ2n) is 5.52. The number of aromatic nitrogens is 3. The molecule has 0 spiro atoms. The van der Waals surface area contributed by atoms with E-state index in [2.05, 4.69) is 10.4 Å². The van der Waals surface area contributed by atoms with E-state index in [-0.39, 0.29) is 5.91 Å². The van der Waals surface area contributed by atoms with Crippen molar-refractivity contribution in [1.29, 1.82) is 0 Å². The van der Waals surface area contributed by atoms with Gasteiger partial charge in [0.15, 0.2) is 5.65 Å². The molecule has 6 nitrogen and oxygen atoms in total. The van der Waals surface area contributed by atoms with Gasteiger partial charge in [-0.1, -0.05) is 30.3 Å². The lowest BCUT2D eigenvalue weighted by Gasteiger charge is -2.09. The van der Waals surface area contributed by atoms with Crippen LogP contribution in [0.3, 0.4) is 0 Å². The number of nitrogens with two attached hydrogens (primary N) is 1. The highest BCUT2D eigenvalue weighted by Crippen LogP contribution is 2.24. The third kappa shape index (κ3) is 3.14. The third-order valence-corrected chi connectivity index (χ3v) is 3.89. The first-order valence-electron chi connectivity index (χ1n) is 8.14. The van der Waals surface area contributed by atoms with Gasteiger partial charge in [0.05, 0.1) is 22.8 Å². The van der Waals surface area contributed by atoms with Gasteiger partial charge in [0.25, 0.3) is 5.91 Å². The average Bonchev–Trinajstić information content (AvgIpc) is 3.04. The van der Waals surface area contributed by atoms with Gasteiger partial charge in [0.1, 0.15) is 0 Å². The van der Waals surface area contributed by atoms with E-state index in [0.29, 0.717) is 25.2 Å². The Kier molecular flexibility index (Phi) is 4.86. The minimum absolute atomic E-state index is 0.122. The number of amides is 1. The van der Waals surface area contributed by atoms with Gasteiger partial charge in [-0.15, -0.1) is 0 Å². The van der Waals surface area contributed by atoms with Crippen LogP contribution in [0.4, 0.5) is 0 Å². The number of carbonyl (C=O) groups excluding carboxylic acids is 1. The van der Waals surface area contributed by atoms with Gasteiger partial charge in [0, 0.05) is 18.7 Å². The molecule has 0 unspecified atom stereocenters. The number of hydrogen-bond donors (Lipinski definition) is 2. The van der Waals surface area contributed by atoms with Crippen molar-refractivity contribution in [3.05, 3.63) is 48.2 Å². The molecule has 0 aliphatic rings. The smallest absolute Gasteiger partial charge is 0.252 e. The molecule has 3 rings (SSSR count). The summed E-state index contributed by atoms with van der Waals surface area (Å²) in [6, 6.07) is 11.7. The number of rotatable bonds is 6. The van der Waals surface area contributed by atoms with Crippen LogP contribution in [-0.4, -0.2) is 33.8 Å². The fraction of sp³-hybridized carbons (Fsp3) is 0.278. The molecule has 0 saturated carbocycles. The fourth-order valence-electron chi connectivity index (χ4n) is 2.62. The highest BCUT2D eigenvalue weighted by Gasteiger charge is 2.16. The molecular formula is C18H21N5O. The highest BCUT2D eigenvalue weighted by molar-refractivity contribution is 6.06. The van der Waals surface area contributed by atoms with Crippen molar-refractivity contribution < 1.29 is 4.79 Å². The number of carbonyl (C=O) groups is 1. The standard InChI is InChI=1S/C18H21N5O/c1-2-23-17-15(12-21-23)14(18(24)20-10-6-9-19)11-16(22-17)13-7-4-3-5-8-13/h3-5,7-8,11-12H,2,6,9-10,19H2,1H3,(H,20,24). The number of fused-ring (bicyclic) bond motifs is 1. The summed E-state index contributed by atoms with van der Waals surface area (Å²) in [4.78, 5) is 17.3. The quantitative estimate of drug-likeness (QED) is 0.681. The lowest BCUT2D eigenvalue weighted by Crippen LogP contribution is -2.26. The molecule has 0 aliphatic carbocycles. The Bertz CT molecular complexity index is 841. The van der Waals surface area contributed by atoms with Crippen molar-refractivity contribution in [2.24, 2.45) is 5.73 Å². The Morgan fingerprint density at radius 3 is 2.79 bits per heavy atom. The van der Waals surface area contributed by atoms with Gasteiger partial charge in [-0.3, -0.25) is 4.79 Å². The van der Waals surface area contributed by atoms with Crippen molar-refractivity contribution in [3.63, 3.8) is 0 Å². The van der Waals surface area contributed by atoms with Crippen LogP contribution in [-0.2, 0) is 6.54 Å². The predicted octanol–water partition coefficient (Wildman–Crippen LogP) is 2.20. The van der Waals surface area contributed by atoms with Crippen LogP contribution >= 0.6 is 0 Å². The third-order valence-electron chi connectivity index (χ3n) is 3.89. The molecule has 3 aromatic rings. The number of nitrogens with zero attached hydrogens (tertiary/aromatic N) is 3. The summed E-state index contributed by atoms with van der Waals surface area (Å²) in [5.41, 5.74) is 8.55. The number of hydrogen-bond acceptors (Lipinski definition) is 4. The molecular weight excluding hydrogens is 302 g/mol. The Morgan fingerprint density at radius 2 is 2.08 bits per heavy atom. The average molecular weight is 323 g/mol. The second kappa shape index (κ2) is 7.23. The molecule has 0 atom stereocenters. The molecule has 0 radical (unpaired) electrons. The largest absolute Gasteiger partial charge is 0.352 e. The van der Waals surface area contributed by atoms with Gasteiger partial charge in [-0.25, -0.2) is 9.67 Å². The normalized spacial score (nSPS) is 10.9. The molecule has 0 aliphatic heterocycles. The molecule has 2 aromatic heterocycles. The molecule has 0 fully saturated rings. The van der Waals surface area contributed by atoms with Crippen LogP contribution in [0, 0.1) is 0 Å². The van der Waals surface area contributed by atoms with E-state index >= 15 is 0 Å². The van der Waals surface area contributed by atoms with Crippen molar-refractivity contribution in [1.82, 2.24) is 20.1 Å². The monoisotopic (exact) mass is 323 g/mol. The Labute approximate surface area is 140 Å². The van der Waals surface area contributed by atoms with Crippen molar-refractivity contribution in [2.45, 2.75) is 19.9 Å². The van der Waals surface area contributed by atoms with Crippen molar-refractivity contribution in [3.8, 4) is 11.3 Å². The summed E-state index contributed by atoms with van der Waals surface area (Å²) < 4.78 is 1.80. The van der Waals surface area contributed by atoms with E-state index in [4.69, 9.17) is 10.7 Å². The number of aryl methyl sites for hydroxylation is 1. The summed E-state index contributed by atoms with van der Waals surface area (Å²) >= 11 is 0. The predicted molar refractivity (Wildman–Crippen MR) is 94.6 cm³/mol. The van der Waals surface area contributed by atoms with E-state index in [9.17, 15) is 4.79 Å². The van der Waals surface area contributed by atoms with Gasteiger partial charge < -0.3 is 11.1 Å². The molecule has 0 saturated heterocycles. The summed E-state index contributed by atoms with van der Waals surface area (Å²) in [7, 11) is 0. The zero-order valence-corrected chi connectivity index (χ0v) is 13.7. The lowest BCUT2D eigenvalue weighted by atomic mass is 10.1. The minimum Gasteiger partial charge on any atom is -0.352 e. The zero-order chi connectivity index (χ0) is 16.9. The minimum atomic E-state index is -0.122. The van der Waals surface area contributed by atoms with E-state index in [0.717, 1.165) is 28.7 Å². The van der Waals surface area contributed by atoms with Gasteiger partial charge in [-0.05, 0) is 26.0 Å². The molecule has 2 heterocycles. The van der Waals surface area contributed by atoms with Gasteiger partial charge in [0.2, 0.25) is 0 Å². The molecule has 0 bridgehead atoms. The maximum absolute atomic E-state index is 12.6. The van der Waals surface area contributed by atoms with Gasteiger partial charge >= 0.3 is 0 Å². The van der Waals surface area contributed by atoms with Gasteiger partial charge in [-0.2, -0.15) is 5.10 Å². The molecule has 6 heteroatoms. The summed E-state index contributed by atoms with van der Waals surface area (Å²) in [6.45, 7) is 3.81. The SMILES string of the molecule is CCn1ncc2c(C(=O)NCCCN)cc(-c3ccccc3)nc21. The molecule has 124 valence electrons. The Balaban J connectivity index is 2.09. The van der Waals surface area contributed by atoms with Crippen LogP contribution in [0.5, 0.6) is 0 Å². The van der Waals surface area contributed by atoms with Crippen LogP contribution in [0.1, 0.15) is 23.7 Å². The van der Waals surface area contributed by atoms with E-state index in [1.807, 2.05) is 43.3 Å². The summed E-state index contributed by atoms with van der Waals surface area (Å²) in [5.74, 6) is -0.122. The number of pyridine rings is 1. The van der Waals surface area contributed by atoms with Crippen LogP contribution < -0.4 is 11.1 Å². The maximum Gasteiger partial charge on any atom is 0.252 e. The van der Waals surface area contributed by atoms with Crippen LogP contribution in [0.15, 0.2) is 42.6 Å². The molecule has 1 aromatic carbocycles. The molecule has 3 N–H and O–H groups in total. The van der Waals surface area contributed by atoms with Crippen molar-refractivity contribution in [2.75, 3.05) is 13.1 Å². The number of benzene rings is 1. The highest BCUT2D eigenvalue weighted by atomic mass is 16.1. The first-order valence-corrected chi connectivity index (χ1v) is 8.14. The number of nitrogens with one attached hydrogen (secondary N) is 1. The molecule has 1 amide bonds. The first-order chi connectivity index (χ1) is 11.7. The first kappa shape index (κ1) is 16.1.